The van der Waals surface area contributed by atoms with E-state index >= 15 is 0 Å². The van der Waals surface area contributed by atoms with Crippen LogP contribution < -0.4 is 10.6 Å². The van der Waals surface area contributed by atoms with E-state index in [1.807, 2.05) is 19.1 Å². The van der Waals surface area contributed by atoms with Gasteiger partial charge in [-0.25, -0.2) is 9.07 Å². The summed E-state index contributed by atoms with van der Waals surface area (Å²) >= 11 is 0. The van der Waals surface area contributed by atoms with Gasteiger partial charge in [-0.15, -0.1) is 0 Å². The highest BCUT2D eigenvalue weighted by atomic mass is 19.4. The number of amides is 1. The molecule has 10 heteroatoms. The van der Waals surface area contributed by atoms with Gasteiger partial charge in [0.05, 0.1) is 18.4 Å². The second kappa shape index (κ2) is 8.60. The number of anilines is 1. The fourth-order valence-electron chi connectivity index (χ4n) is 3.75. The number of halogens is 4. The van der Waals surface area contributed by atoms with Gasteiger partial charge in [-0.1, -0.05) is 31.2 Å². The monoisotopic (exact) mass is 447 g/mol. The van der Waals surface area contributed by atoms with E-state index in [1.165, 1.54) is 12.3 Å². The van der Waals surface area contributed by atoms with Crippen LogP contribution in [0.4, 0.5) is 23.4 Å². The molecule has 0 fully saturated rings. The zero-order valence-electron chi connectivity index (χ0n) is 17.2. The molecule has 0 radical (unpaired) electrons. The molecule has 168 valence electrons. The topological polar surface area (TPSA) is 71.8 Å². The van der Waals surface area contributed by atoms with Crippen LogP contribution in [0.25, 0.3) is 0 Å². The number of benzene rings is 1. The Kier molecular flexibility index (Phi) is 5.86. The van der Waals surface area contributed by atoms with E-state index in [0.717, 1.165) is 29.1 Å². The van der Waals surface area contributed by atoms with Crippen molar-refractivity contribution in [2.24, 2.45) is 0 Å². The summed E-state index contributed by atoms with van der Waals surface area (Å²) in [4.78, 5) is 16.4. The van der Waals surface area contributed by atoms with Gasteiger partial charge in [0.2, 0.25) is 0 Å². The van der Waals surface area contributed by atoms with Gasteiger partial charge in [0.25, 0.3) is 5.91 Å². The normalized spacial score (nSPS) is 18.0. The molecule has 2 unspecified atom stereocenters. The van der Waals surface area contributed by atoms with E-state index in [2.05, 4.69) is 20.7 Å². The Bertz CT molecular complexity index is 1110. The van der Waals surface area contributed by atoms with E-state index in [1.54, 1.807) is 12.1 Å². The zero-order valence-corrected chi connectivity index (χ0v) is 17.2. The summed E-state index contributed by atoms with van der Waals surface area (Å²) < 4.78 is 56.0. The van der Waals surface area contributed by atoms with Crippen LogP contribution in [0.1, 0.15) is 52.5 Å². The van der Waals surface area contributed by atoms with Crippen molar-refractivity contribution in [3.63, 3.8) is 0 Å². The summed E-state index contributed by atoms with van der Waals surface area (Å²) in [5.41, 5.74) is 1.94. The number of carbonyl (C=O) groups excluding carboxylic acids is 1. The van der Waals surface area contributed by atoms with Crippen LogP contribution in [0.3, 0.4) is 0 Å². The van der Waals surface area contributed by atoms with Crippen molar-refractivity contribution in [1.29, 1.82) is 0 Å². The number of pyridine rings is 1. The third kappa shape index (κ3) is 4.30. The lowest BCUT2D eigenvalue weighted by Crippen LogP contribution is -2.36. The molecule has 32 heavy (non-hydrogen) atoms. The maximum Gasteiger partial charge on any atom is 0.410 e. The summed E-state index contributed by atoms with van der Waals surface area (Å²) in [6.07, 6.45) is -0.477. The van der Waals surface area contributed by atoms with E-state index in [0.29, 0.717) is 5.56 Å². The summed E-state index contributed by atoms with van der Waals surface area (Å²) in [5, 5.41) is 9.42. The molecule has 6 nitrogen and oxygen atoms in total. The first-order valence-electron chi connectivity index (χ1n) is 10.1. The first-order valence-corrected chi connectivity index (χ1v) is 10.1. The molecular formula is C22H21F4N5O. The van der Waals surface area contributed by atoms with Crippen molar-refractivity contribution >= 4 is 11.7 Å². The number of rotatable bonds is 5. The van der Waals surface area contributed by atoms with Crippen molar-refractivity contribution in [3.8, 4) is 0 Å². The molecule has 0 spiro atoms. The number of carbonyl (C=O) groups is 1. The highest BCUT2D eigenvalue weighted by Crippen LogP contribution is 2.44. The van der Waals surface area contributed by atoms with Gasteiger partial charge < -0.3 is 10.6 Å². The molecule has 2 aromatic heterocycles. The first-order chi connectivity index (χ1) is 15.3. The molecule has 0 aliphatic carbocycles. The number of aryl methyl sites for hydroxylation is 1. The minimum Gasteiger partial charge on any atom is -0.363 e. The molecule has 2 atom stereocenters. The number of aromatic nitrogens is 3. The molecule has 1 aliphatic rings. The molecule has 3 heterocycles. The SMILES string of the molecule is CCc1ccc(C2CC(C(F)(F)F)n3ncc(C(=O)NCc4ccncc4F)c3N2)cc1. The van der Waals surface area contributed by atoms with Crippen LogP contribution in [0.15, 0.2) is 48.9 Å². The Balaban J connectivity index is 1.61. The van der Waals surface area contributed by atoms with Gasteiger partial charge >= 0.3 is 6.18 Å². The summed E-state index contributed by atoms with van der Waals surface area (Å²) in [6.45, 7) is 1.86. The van der Waals surface area contributed by atoms with Gasteiger partial charge in [-0.3, -0.25) is 9.78 Å². The number of nitrogens with zero attached hydrogens (tertiary/aromatic N) is 3. The fourth-order valence-corrected chi connectivity index (χ4v) is 3.75. The Hall–Kier alpha value is -3.43. The lowest BCUT2D eigenvalue weighted by Gasteiger charge is -2.34. The van der Waals surface area contributed by atoms with Crippen LogP contribution >= 0.6 is 0 Å². The molecule has 1 aromatic carbocycles. The number of nitrogens with one attached hydrogen (secondary N) is 2. The number of alkyl halides is 3. The van der Waals surface area contributed by atoms with Crippen molar-refractivity contribution in [3.05, 3.63) is 77.0 Å². The molecule has 0 saturated heterocycles. The molecule has 0 saturated carbocycles. The molecule has 3 aromatic rings. The maximum atomic E-state index is 13.8. The Labute approximate surface area is 181 Å². The predicted octanol–water partition coefficient (Wildman–Crippen LogP) is 4.57. The second-order valence-electron chi connectivity index (χ2n) is 7.59. The predicted molar refractivity (Wildman–Crippen MR) is 109 cm³/mol. The summed E-state index contributed by atoms with van der Waals surface area (Å²) in [7, 11) is 0. The molecule has 2 N–H and O–H groups in total. The maximum absolute atomic E-state index is 13.8. The lowest BCUT2D eigenvalue weighted by atomic mass is 9.95. The standard InChI is InChI=1S/C22H21F4N5O/c1-2-13-3-5-14(6-4-13)18-9-19(22(24,25)26)31-20(30-18)16(11-29-31)21(32)28-10-15-7-8-27-12-17(15)23/h3-8,11-12,18-19,30H,2,9-10H2,1H3,(H,28,32). The van der Waals surface area contributed by atoms with E-state index in [4.69, 9.17) is 0 Å². The molecule has 0 bridgehead atoms. The highest BCUT2D eigenvalue weighted by Gasteiger charge is 2.47. The van der Waals surface area contributed by atoms with Crippen LogP contribution in [0, 0.1) is 5.82 Å². The van der Waals surface area contributed by atoms with Gasteiger partial charge in [0.15, 0.2) is 6.04 Å². The van der Waals surface area contributed by atoms with Crippen molar-refractivity contribution in [2.75, 3.05) is 5.32 Å². The molecule has 1 amide bonds. The largest absolute Gasteiger partial charge is 0.410 e. The Morgan fingerprint density at radius 1 is 1.22 bits per heavy atom. The van der Waals surface area contributed by atoms with Crippen molar-refractivity contribution in [1.82, 2.24) is 20.1 Å². The average Bonchev–Trinajstić information content (AvgIpc) is 3.21. The Morgan fingerprint density at radius 3 is 2.62 bits per heavy atom. The minimum absolute atomic E-state index is 0.0177. The van der Waals surface area contributed by atoms with Gasteiger partial charge in [0.1, 0.15) is 17.2 Å². The molecule has 4 rings (SSSR count). The molecule has 1 aliphatic heterocycles. The summed E-state index contributed by atoms with van der Waals surface area (Å²) in [6, 6.07) is 6.22. The van der Waals surface area contributed by atoms with Gasteiger partial charge in [-0.05, 0) is 23.6 Å². The van der Waals surface area contributed by atoms with Crippen LogP contribution in [0.5, 0.6) is 0 Å². The third-order valence-corrected chi connectivity index (χ3v) is 5.57. The van der Waals surface area contributed by atoms with E-state index in [-0.39, 0.29) is 29.9 Å². The summed E-state index contributed by atoms with van der Waals surface area (Å²) in [5.74, 6) is -1.26. The lowest BCUT2D eigenvalue weighted by molar-refractivity contribution is -0.173. The number of fused-ring (bicyclic) bond motifs is 1. The highest BCUT2D eigenvalue weighted by molar-refractivity contribution is 5.98. The van der Waals surface area contributed by atoms with Gasteiger partial charge in [0, 0.05) is 24.7 Å². The average molecular weight is 447 g/mol. The third-order valence-electron chi connectivity index (χ3n) is 5.57. The number of hydrogen-bond acceptors (Lipinski definition) is 4. The quantitative estimate of drug-likeness (QED) is 0.562. The second-order valence-corrected chi connectivity index (χ2v) is 7.59. The smallest absolute Gasteiger partial charge is 0.363 e. The van der Waals surface area contributed by atoms with Crippen molar-refractivity contribution in [2.45, 2.75) is 44.6 Å². The van der Waals surface area contributed by atoms with Crippen molar-refractivity contribution < 1.29 is 22.4 Å². The van der Waals surface area contributed by atoms with E-state index < -0.39 is 30.0 Å². The minimum atomic E-state index is -4.54. The van der Waals surface area contributed by atoms with Crippen LogP contribution in [0.2, 0.25) is 0 Å². The van der Waals surface area contributed by atoms with Crippen LogP contribution in [-0.4, -0.2) is 26.8 Å². The fraction of sp³-hybridized carbons (Fsp3) is 0.318. The zero-order chi connectivity index (χ0) is 22.9. The van der Waals surface area contributed by atoms with Gasteiger partial charge in [-0.2, -0.15) is 18.3 Å². The number of hydrogen-bond donors (Lipinski definition) is 2. The molecular weight excluding hydrogens is 426 g/mol. The Morgan fingerprint density at radius 2 is 1.97 bits per heavy atom. The van der Waals surface area contributed by atoms with E-state index in [9.17, 15) is 22.4 Å². The first kappa shape index (κ1) is 21.8. The van der Waals surface area contributed by atoms with Crippen LogP contribution in [-0.2, 0) is 13.0 Å².